The highest BCUT2D eigenvalue weighted by atomic mass is 16.2. The Morgan fingerprint density at radius 2 is 2.05 bits per heavy atom. The van der Waals surface area contributed by atoms with Crippen molar-refractivity contribution in [3.63, 3.8) is 0 Å². The van der Waals surface area contributed by atoms with E-state index in [1.165, 1.54) is 0 Å². The molecule has 1 rings (SSSR count). The van der Waals surface area contributed by atoms with Gasteiger partial charge in [-0.3, -0.25) is 4.79 Å². The third-order valence-electron chi connectivity index (χ3n) is 2.69. The number of rotatable bonds is 4. The number of carbonyl (C=O) groups is 1. The van der Waals surface area contributed by atoms with Crippen LogP contribution >= 0.6 is 0 Å². The largest absolute Gasteiger partial charge is 0.341 e. The van der Waals surface area contributed by atoms with Crippen molar-refractivity contribution in [3.05, 3.63) is 23.4 Å². The minimum absolute atomic E-state index is 0.0106. The summed E-state index contributed by atoms with van der Waals surface area (Å²) >= 11 is 0. The SMILES string of the molecule is CCc1cc(C(=O)N(C)CC(C)(C)C)cc(NN)n1. The average molecular weight is 264 g/mol. The van der Waals surface area contributed by atoms with Crippen molar-refractivity contribution in [1.82, 2.24) is 9.88 Å². The molecule has 5 nitrogen and oxygen atoms in total. The van der Waals surface area contributed by atoms with Crippen molar-refractivity contribution in [2.45, 2.75) is 34.1 Å². The van der Waals surface area contributed by atoms with Gasteiger partial charge in [-0.25, -0.2) is 10.8 Å². The molecular weight excluding hydrogens is 240 g/mol. The molecule has 1 heterocycles. The molecule has 0 saturated carbocycles. The first-order chi connectivity index (χ1) is 8.76. The van der Waals surface area contributed by atoms with Crippen LogP contribution < -0.4 is 11.3 Å². The lowest BCUT2D eigenvalue weighted by atomic mass is 9.96. The molecule has 0 fully saturated rings. The van der Waals surface area contributed by atoms with Crippen molar-refractivity contribution in [3.8, 4) is 0 Å². The summed E-state index contributed by atoms with van der Waals surface area (Å²) in [6.07, 6.45) is 0.763. The number of aromatic nitrogens is 1. The van der Waals surface area contributed by atoms with E-state index in [0.717, 1.165) is 12.1 Å². The lowest BCUT2D eigenvalue weighted by Crippen LogP contribution is -2.34. The van der Waals surface area contributed by atoms with Gasteiger partial charge in [0.1, 0.15) is 5.82 Å². The van der Waals surface area contributed by atoms with Gasteiger partial charge in [0, 0.05) is 24.8 Å². The monoisotopic (exact) mass is 264 g/mol. The second-order valence-electron chi connectivity index (χ2n) is 5.95. The van der Waals surface area contributed by atoms with Crippen LogP contribution in [0.3, 0.4) is 0 Å². The first-order valence-electron chi connectivity index (χ1n) is 6.50. The zero-order valence-corrected chi connectivity index (χ0v) is 12.4. The standard InChI is InChI=1S/C14H24N4O/c1-6-11-7-10(8-12(16-11)17-15)13(19)18(5)9-14(2,3)4/h7-8H,6,9,15H2,1-5H3,(H,16,17). The Balaban J connectivity index is 2.98. The van der Waals surface area contributed by atoms with Crippen molar-refractivity contribution < 1.29 is 4.79 Å². The molecule has 3 N–H and O–H groups in total. The predicted molar refractivity (Wildman–Crippen MR) is 77.8 cm³/mol. The van der Waals surface area contributed by atoms with E-state index in [2.05, 4.69) is 31.2 Å². The highest BCUT2D eigenvalue weighted by Crippen LogP contribution is 2.17. The van der Waals surface area contributed by atoms with Crippen LogP contribution in [0, 0.1) is 5.41 Å². The number of nitrogens with two attached hydrogens (primary N) is 1. The van der Waals surface area contributed by atoms with E-state index in [1.54, 1.807) is 11.0 Å². The minimum Gasteiger partial charge on any atom is -0.341 e. The van der Waals surface area contributed by atoms with Gasteiger partial charge in [0.25, 0.3) is 5.91 Å². The van der Waals surface area contributed by atoms with Crippen molar-refractivity contribution in [1.29, 1.82) is 0 Å². The number of amides is 1. The van der Waals surface area contributed by atoms with Gasteiger partial charge >= 0.3 is 0 Å². The second kappa shape index (κ2) is 6.02. The number of pyridine rings is 1. The van der Waals surface area contributed by atoms with E-state index in [4.69, 9.17) is 5.84 Å². The van der Waals surface area contributed by atoms with Crippen LogP contribution in [0.5, 0.6) is 0 Å². The topological polar surface area (TPSA) is 71.2 Å². The van der Waals surface area contributed by atoms with Crippen molar-refractivity contribution in [2.75, 3.05) is 19.0 Å². The number of nitrogen functional groups attached to an aromatic ring is 1. The van der Waals surface area contributed by atoms with Crippen molar-refractivity contribution >= 4 is 11.7 Å². The van der Waals surface area contributed by atoms with Crippen LogP contribution in [0.4, 0.5) is 5.82 Å². The molecule has 0 radical (unpaired) electrons. The Kier molecular flexibility index (Phi) is 4.89. The van der Waals surface area contributed by atoms with E-state index < -0.39 is 0 Å². The number of hydrogen-bond acceptors (Lipinski definition) is 4. The van der Waals surface area contributed by atoms with Crippen LogP contribution in [0.25, 0.3) is 0 Å². The van der Waals surface area contributed by atoms with E-state index in [-0.39, 0.29) is 11.3 Å². The molecule has 0 aliphatic rings. The maximum Gasteiger partial charge on any atom is 0.253 e. The Morgan fingerprint density at radius 3 is 2.53 bits per heavy atom. The fraction of sp³-hybridized carbons (Fsp3) is 0.571. The fourth-order valence-corrected chi connectivity index (χ4v) is 1.97. The molecule has 0 bridgehead atoms. The van der Waals surface area contributed by atoms with Gasteiger partial charge in [-0.2, -0.15) is 0 Å². The zero-order chi connectivity index (χ0) is 14.6. The highest BCUT2D eigenvalue weighted by molar-refractivity contribution is 5.94. The van der Waals surface area contributed by atoms with Crippen LogP contribution in [-0.2, 0) is 6.42 Å². The minimum atomic E-state index is -0.0106. The number of hydrogen-bond donors (Lipinski definition) is 2. The number of nitrogens with zero attached hydrogens (tertiary/aromatic N) is 2. The number of aryl methyl sites for hydroxylation is 1. The molecule has 0 spiro atoms. The first-order valence-corrected chi connectivity index (χ1v) is 6.50. The Labute approximate surface area is 115 Å². The summed E-state index contributed by atoms with van der Waals surface area (Å²) in [6, 6.07) is 3.50. The zero-order valence-electron chi connectivity index (χ0n) is 12.4. The molecule has 5 heteroatoms. The van der Waals surface area contributed by atoms with E-state index >= 15 is 0 Å². The van der Waals surface area contributed by atoms with E-state index in [0.29, 0.717) is 17.9 Å². The predicted octanol–water partition coefficient (Wildman–Crippen LogP) is 2.05. The molecule has 0 aliphatic heterocycles. The smallest absolute Gasteiger partial charge is 0.253 e. The molecule has 1 amide bonds. The Morgan fingerprint density at radius 1 is 1.42 bits per heavy atom. The van der Waals surface area contributed by atoms with Gasteiger partial charge in [-0.1, -0.05) is 27.7 Å². The second-order valence-corrected chi connectivity index (χ2v) is 5.95. The lowest BCUT2D eigenvalue weighted by molar-refractivity contribution is 0.0745. The number of nitrogens with one attached hydrogen (secondary N) is 1. The van der Waals surface area contributed by atoms with Gasteiger partial charge in [0.15, 0.2) is 0 Å². The molecule has 106 valence electrons. The molecule has 0 atom stereocenters. The van der Waals surface area contributed by atoms with Gasteiger partial charge in [0.2, 0.25) is 0 Å². The summed E-state index contributed by atoms with van der Waals surface area (Å²) in [6.45, 7) is 9.01. The molecule has 1 aromatic heterocycles. The summed E-state index contributed by atoms with van der Waals surface area (Å²) in [7, 11) is 1.81. The third-order valence-corrected chi connectivity index (χ3v) is 2.69. The van der Waals surface area contributed by atoms with Crippen LogP contribution in [0.1, 0.15) is 43.7 Å². The molecule has 0 saturated heterocycles. The average Bonchev–Trinajstić information content (AvgIpc) is 2.35. The van der Waals surface area contributed by atoms with Gasteiger partial charge in [-0.05, 0) is 24.0 Å². The van der Waals surface area contributed by atoms with Crippen LogP contribution in [0.15, 0.2) is 12.1 Å². The number of carbonyl (C=O) groups excluding carboxylic acids is 1. The maximum atomic E-state index is 12.4. The molecular formula is C14H24N4O. The fourth-order valence-electron chi connectivity index (χ4n) is 1.97. The molecule has 1 aromatic rings. The molecule has 19 heavy (non-hydrogen) atoms. The van der Waals surface area contributed by atoms with Gasteiger partial charge < -0.3 is 10.3 Å². The summed E-state index contributed by atoms with van der Waals surface area (Å²) in [5, 5.41) is 0. The third kappa shape index (κ3) is 4.52. The molecule has 0 unspecified atom stereocenters. The van der Waals surface area contributed by atoms with Crippen molar-refractivity contribution in [2.24, 2.45) is 11.3 Å². The lowest BCUT2D eigenvalue weighted by Gasteiger charge is -2.26. The summed E-state index contributed by atoms with van der Waals surface area (Å²) in [5.74, 6) is 5.89. The molecule has 0 aliphatic carbocycles. The Hall–Kier alpha value is -1.62. The number of anilines is 1. The molecule has 0 aromatic carbocycles. The maximum absolute atomic E-state index is 12.4. The van der Waals surface area contributed by atoms with Gasteiger partial charge in [-0.15, -0.1) is 0 Å². The normalized spacial score (nSPS) is 11.3. The van der Waals surface area contributed by atoms with Gasteiger partial charge in [0.05, 0.1) is 0 Å². The summed E-state index contributed by atoms with van der Waals surface area (Å²) in [4.78, 5) is 18.4. The highest BCUT2D eigenvalue weighted by Gasteiger charge is 2.19. The summed E-state index contributed by atoms with van der Waals surface area (Å²) < 4.78 is 0. The van der Waals surface area contributed by atoms with Crippen LogP contribution in [-0.4, -0.2) is 29.4 Å². The quantitative estimate of drug-likeness (QED) is 0.645. The van der Waals surface area contributed by atoms with E-state index in [9.17, 15) is 4.79 Å². The van der Waals surface area contributed by atoms with E-state index in [1.807, 2.05) is 20.0 Å². The number of hydrazine groups is 1. The Bertz CT molecular complexity index is 429. The summed E-state index contributed by atoms with van der Waals surface area (Å²) in [5.41, 5.74) is 4.04. The first kappa shape index (κ1) is 15.4. The van der Waals surface area contributed by atoms with Crippen LogP contribution in [0.2, 0.25) is 0 Å².